The maximum Gasteiger partial charge on any atom is 0.316 e. The van der Waals surface area contributed by atoms with Crippen molar-refractivity contribution in [2.24, 2.45) is 0 Å². The van der Waals surface area contributed by atoms with Gasteiger partial charge in [0, 0.05) is 23.0 Å². The van der Waals surface area contributed by atoms with Crippen molar-refractivity contribution >= 4 is 11.6 Å². The van der Waals surface area contributed by atoms with Crippen molar-refractivity contribution in [1.29, 1.82) is 0 Å². The van der Waals surface area contributed by atoms with E-state index in [0.717, 1.165) is 11.4 Å². The first kappa shape index (κ1) is 17.9. The third-order valence-corrected chi connectivity index (χ3v) is 4.09. The highest BCUT2D eigenvalue weighted by atomic mass is 35.5. The summed E-state index contributed by atoms with van der Waals surface area (Å²) in [7, 11) is 0. The van der Waals surface area contributed by atoms with Gasteiger partial charge in [-0.2, -0.15) is 5.10 Å². The summed E-state index contributed by atoms with van der Waals surface area (Å²) in [6.45, 7) is 0.886. The molecule has 0 N–H and O–H groups in total. The van der Waals surface area contributed by atoms with E-state index in [4.69, 9.17) is 21.1 Å². The monoisotopic (exact) mass is 393 g/mol. The number of aromatic nitrogens is 5. The first-order valence-corrected chi connectivity index (χ1v) is 8.97. The number of halogens is 1. The number of rotatable bonds is 7. The van der Waals surface area contributed by atoms with Crippen molar-refractivity contribution in [1.82, 2.24) is 24.7 Å². The highest BCUT2D eigenvalue weighted by Crippen LogP contribution is 2.27. The second kappa shape index (κ2) is 8.49. The third-order valence-electron chi connectivity index (χ3n) is 3.83. The molecule has 0 amide bonds. The van der Waals surface area contributed by atoms with Crippen molar-refractivity contribution in [3.8, 4) is 28.9 Å². The third kappa shape index (κ3) is 4.44. The molecule has 0 unspecified atom stereocenters. The van der Waals surface area contributed by atoms with Crippen LogP contribution in [0.5, 0.6) is 17.5 Å². The second-order valence-corrected chi connectivity index (χ2v) is 6.21. The summed E-state index contributed by atoms with van der Waals surface area (Å²) in [4.78, 5) is 12.4. The highest BCUT2D eigenvalue weighted by molar-refractivity contribution is 6.30. The molecule has 0 radical (unpaired) electrons. The van der Waals surface area contributed by atoms with Crippen molar-refractivity contribution in [2.75, 3.05) is 6.61 Å². The predicted octanol–water partition coefficient (Wildman–Crippen LogP) is 4.26. The average molecular weight is 394 g/mol. The molecule has 0 bridgehead atoms. The fourth-order valence-electron chi connectivity index (χ4n) is 2.57. The summed E-state index contributed by atoms with van der Waals surface area (Å²) in [6.07, 6.45) is 4.78. The largest absolute Gasteiger partial charge is 0.461 e. The highest BCUT2D eigenvalue weighted by Gasteiger charge is 2.09. The van der Waals surface area contributed by atoms with E-state index >= 15 is 0 Å². The molecule has 2 aromatic carbocycles. The van der Waals surface area contributed by atoms with E-state index in [9.17, 15) is 0 Å². The minimum absolute atomic E-state index is 0.336. The van der Waals surface area contributed by atoms with E-state index < -0.39 is 0 Å². The van der Waals surface area contributed by atoms with Crippen LogP contribution in [0.4, 0.5) is 0 Å². The first-order valence-electron chi connectivity index (χ1n) is 8.59. The van der Waals surface area contributed by atoms with Crippen LogP contribution >= 0.6 is 11.6 Å². The molecular formula is C20H16ClN5O2. The molecule has 2 aromatic heterocycles. The molecule has 2 heterocycles. The molecule has 7 nitrogen and oxygen atoms in total. The number of hydrogen-bond donors (Lipinski definition) is 0. The molecule has 0 saturated heterocycles. The Morgan fingerprint density at radius 3 is 2.54 bits per heavy atom. The van der Waals surface area contributed by atoms with E-state index in [2.05, 4.69) is 20.1 Å². The molecule has 8 heteroatoms. The van der Waals surface area contributed by atoms with Crippen molar-refractivity contribution in [3.63, 3.8) is 0 Å². The average Bonchev–Trinajstić information content (AvgIpc) is 3.19. The summed E-state index contributed by atoms with van der Waals surface area (Å²) >= 11 is 5.91. The van der Waals surface area contributed by atoms with Crippen LogP contribution in [0.2, 0.25) is 5.02 Å². The standard InChI is InChI=1S/C20H16ClN5O2/c21-16-5-7-17(8-6-16)28-18-4-1-3-15(13-18)19-24-14-25-26(19)11-12-27-20-22-9-2-10-23-20/h1-10,13-14H,11-12H2. The van der Waals surface area contributed by atoms with Gasteiger partial charge in [0.15, 0.2) is 5.82 Å². The summed E-state index contributed by atoms with van der Waals surface area (Å²) in [5.41, 5.74) is 0.889. The topological polar surface area (TPSA) is 75.0 Å². The van der Waals surface area contributed by atoms with Gasteiger partial charge in [0.1, 0.15) is 24.4 Å². The van der Waals surface area contributed by atoms with Crippen LogP contribution in [-0.4, -0.2) is 31.3 Å². The van der Waals surface area contributed by atoms with Crippen LogP contribution in [0.1, 0.15) is 0 Å². The summed E-state index contributed by atoms with van der Waals surface area (Å²) in [5, 5.41) is 4.94. The molecule has 0 spiro atoms. The number of nitrogens with zero attached hydrogens (tertiary/aromatic N) is 5. The van der Waals surface area contributed by atoms with Gasteiger partial charge in [0.25, 0.3) is 0 Å². The smallest absolute Gasteiger partial charge is 0.316 e. The molecule has 28 heavy (non-hydrogen) atoms. The fraction of sp³-hybridized carbons (Fsp3) is 0.100. The van der Waals surface area contributed by atoms with Crippen LogP contribution in [0.15, 0.2) is 73.3 Å². The van der Waals surface area contributed by atoms with Gasteiger partial charge < -0.3 is 9.47 Å². The van der Waals surface area contributed by atoms with E-state index in [1.807, 2.05) is 36.4 Å². The van der Waals surface area contributed by atoms with Gasteiger partial charge in [0.2, 0.25) is 0 Å². The van der Waals surface area contributed by atoms with Crippen molar-refractivity contribution < 1.29 is 9.47 Å². The second-order valence-electron chi connectivity index (χ2n) is 5.77. The van der Waals surface area contributed by atoms with Gasteiger partial charge in [-0.05, 0) is 42.5 Å². The summed E-state index contributed by atoms with van der Waals surface area (Å²) < 4.78 is 13.2. The number of hydrogen-bond acceptors (Lipinski definition) is 6. The predicted molar refractivity (Wildman–Crippen MR) is 105 cm³/mol. The van der Waals surface area contributed by atoms with Gasteiger partial charge in [0.05, 0.1) is 6.54 Å². The van der Waals surface area contributed by atoms with Gasteiger partial charge in [-0.3, -0.25) is 0 Å². The molecule has 0 aliphatic carbocycles. The Kier molecular flexibility index (Phi) is 5.44. The van der Waals surface area contributed by atoms with Crippen LogP contribution in [-0.2, 0) is 6.54 Å². The fourth-order valence-corrected chi connectivity index (χ4v) is 2.70. The Hall–Kier alpha value is -3.45. The van der Waals surface area contributed by atoms with Gasteiger partial charge in [-0.15, -0.1) is 0 Å². The molecule has 0 atom stereocenters. The first-order chi connectivity index (χ1) is 13.8. The lowest BCUT2D eigenvalue weighted by molar-refractivity contribution is 0.270. The number of ether oxygens (including phenoxy) is 2. The normalized spacial score (nSPS) is 10.6. The minimum atomic E-state index is 0.336. The van der Waals surface area contributed by atoms with E-state index in [-0.39, 0.29) is 0 Å². The Morgan fingerprint density at radius 1 is 0.893 bits per heavy atom. The van der Waals surface area contributed by atoms with Gasteiger partial charge in [-0.25, -0.2) is 19.6 Å². The lowest BCUT2D eigenvalue weighted by Gasteiger charge is -2.09. The molecule has 4 aromatic rings. The van der Waals surface area contributed by atoms with Crippen molar-refractivity contribution in [2.45, 2.75) is 6.54 Å². The Bertz CT molecular complexity index is 1040. The zero-order chi connectivity index (χ0) is 19.2. The Labute approximate surface area is 166 Å². The molecule has 0 aliphatic rings. The van der Waals surface area contributed by atoms with Crippen LogP contribution in [0.25, 0.3) is 11.4 Å². The summed E-state index contributed by atoms with van der Waals surface area (Å²) in [5.74, 6) is 2.13. The molecular weight excluding hydrogens is 378 g/mol. The molecule has 0 aliphatic heterocycles. The Balaban J connectivity index is 1.46. The van der Waals surface area contributed by atoms with Crippen LogP contribution in [0.3, 0.4) is 0 Å². The lowest BCUT2D eigenvalue weighted by atomic mass is 10.2. The van der Waals surface area contributed by atoms with Crippen molar-refractivity contribution in [3.05, 3.63) is 78.3 Å². The summed E-state index contributed by atoms with van der Waals surface area (Å²) in [6, 6.07) is 16.9. The van der Waals surface area contributed by atoms with Gasteiger partial charge >= 0.3 is 6.01 Å². The van der Waals surface area contributed by atoms with Gasteiger partial charge in [-0.1, -0.05) is 23.7 Å². The quantitative estimate of drug-likeness (QED) is 0.467. The van der Waals surface area contributed by atoms with E-state index in [0.29, 0.717) is 35.7 Å². The zero-order valence-electron chi connectivity index (χ0n) is 14.8. The number of benzene rings is 2. The molecule has 4 rings (SSSR count). The zero-order valence-corrected chi connectivity index (χ0v) is 15.5. The molecule has 0 saturated carbocycles. The maximum absolute atomic E-state index is 5.91. The molecule has 0 fully saturated rings. The van der Waals surface area contributed by atoms with Crippen LogP contribution in [0, 0.1) is 0 Å². The molecule has 140 valence electrons. The Morgan fingerprint density at radius 2 is 1.71 bits per heavy atom. The SMILES string of the molecule is Clc1ccc(Oc2cccc(-c3ncnn3CCOc3ncccn3)c2)cc1. The minimum Gasteiger partial charge on any atom is -0.461 e. The maximum atomic E-state index is 5.91. The van der Waals surface area contributed by atoms with E-state index in [1.54, 1.807) is 35.3 Å². The van der Waals surface area contributed by atoms with E-state index in [1.165, 1.54) is 6.33 Å². The lowest BCUT2D eigenvalue weighted by Crippen LogP contribution is -2.11. The van der Waals surface area contributed by atoms with Crippen LogP contribution < -0.4 is 9.47 Å².